The second kappa shape index (κ2) is 8.48. The average Bonchev–Trinajstić information content (AvgIpc) is 3.53. The van der Waals surface area contributed by atoms with Gasteiger partial charge in [0.15, 0.2) is 16.7 Å². The van der Waals surface area contributed by atoms with Crippen molar-refractivity contribution in [2.24, 2.45) is 0 Å². The van der Waals surface area contributed by atoms with Crippen LogP contribution >= 0.6 is 11.3 Å². The van der Waals surface area contributed by atoms with E-state index < -0.39 is 35.3 Å². The number of aromatic nitrogens is 1. The number of Topliss-reactive ketones (excluding diaryl/α,β-unsaturated/α-hetero) is 1. The van der Waals surface area contributed by atoms with Crippen LogP contribution in [0.3, 0.4) is 0 Å². The Kier molecular flexibility index (Phi) is 5.45. The number of amides is 1. The minimum absolute atomic E-state index is 0.000101. The number of esters is 1. The molecule has 0 fully saturated rings. The van der Waals surface area contributed by atoms with Gasteiger partial charge < -0.3 is 14.3 Å². The van der Waals surface area contributed by atoms with E-state index in [-0.39, 0.29) is 32.6 Å². The summed E-state index contributed by atoms with van der Waals surface area (Å²) >= 11 is 0.837. The summed E-state index contributed by atoms with van der Waals surface area (Å²) in [6, 6.07) is 12.7. The number of benzene rings is 2. The number of methoxy groups -OCH3 is 1. The zero-order valence-corrected chi connectivity index (χ0v) is 19.3. The predicted molar refractivity (Wildman–Crippen MR) is 125 cm³/mol. The van der Waals surface area contributed by atoms with Crippen LogP contribution in [-0.4, -0.2) is 34.9 Å². The maximum atomic E-state index is 15.0. The molecule has 0 radical (unpaired) electrons. The van der Waals surface area contributed by atoms with Gasteiger partial charge in [0.25, 0.3) is 5.91 Å². The first-order valence-corrected chi connectivity index (χ1v) is 11.2. The van der Waals surface area contributed by atoms with Crippen LogP contribution in [-0.2, 0) is 9.53 Å². The number of fused-ring (bicyclic) bond motifs is 1. The summed E-state index contributed by atoms with van der Waals surface area (Å²) in [6.45, 7) is 1.55. The van der Waals surface area contributed by atoms with Crippen LogP contribution < -0.4 is 4.90 Å². The molecule has 1 unspecified atom stereocenters. The molecule has 1 aliphatic heterocycles. The molecular formula is C25H17FN2O6S. The number of anilines is 1. The van der Waals surface area contributed by atoms with Crippen molar-refractivity contribution < 1.29 is 33.0 Å². The van der Waals surface area contributed by atoms with Crippen molar-refractivity contribution in [1.29, 1.82) is 0 Å². The lowest BCUT2D eigenvalue weighted by Crippen LogP contribution is -2.31. The van der Waals surface area contributed by atoms with E-state index in [0.717, 1.165) is 16.2 Å². The Morgan fingerprint density at radius 2 is 1.89 bits per heavy atom. The molecule has 2 aromatic carbocycles. The van der Waals surface area contributed by atoms with Crippen LogP contribution in [0.25, 0.3) is 11.0 Å². The molecule has 2 aromatic heterocycles. The Morgan fingerprint density at radius 1 is 1.17 bits per heavy atom. The number of halogens is 1. The monoisotopic (exact) mass is 492 g/mol. The Morgan fingerprint density at radius 3 is 2.60 bits per heavy atom. The maximum absolute atomic E-state index is 15.0. The molecule has 35 heavy (non-hydrogen) atoms. The number of aliphatic hydroxyl groups is 1. The number of aryl methyl sites for hydroxylation is 1. The molecule has 8 nitrogen and oxygen atoms in total. The summed E-state index contributed by atoms with van der Waals surface area (Å²) in [5, 5.41) is 11.5. The quantitative estimate of drug-likeness (QED) is 0.311. The number of ether oxygens (including phenoxy) is 1. The van der Waals surface area contributed by atoms with Crippen LogP contribution in [0.15, 0.2) is 70.3 Å². The fourth-order valence-electron chi connectivity index (χ4n) is 4.02. The number of furan rings is 1. The summed E-state index contributed by atoms with van der Waals surface area (Å²) in [6.07, 6.45) is 0. The number of thiazole rings is 1. The molecule has 0 bridgehead atoms. The fraction of sp³-hybridized carbons (Fsp3) is 0.120. The molecular weight excluding hydrogens is 475 g/mol. The SMILES string of the molecule is COC(=O)c1sc(N2C(=O)C(O)=C(C(=O)c3cc4ccccc4o3)C2c2ccccc2F)nc1C. The standard InChI is InChI=1S/C25H17FN2O6S/c1-12-22(24(32)33-2)35-25(27-12)28-19(14-8-4-5-9-15(14)26)18(21(30)23(28)31)20(29)17-11-13-7-3-6-10-16(13)34-17/h3-11,19,30H,1-2H3. The van der Waals surface area contributed by atoms with E-state index >= 15 is 0 Å². The van der Waals surface area contributed by atoms with Crippen molar-refractivity contribution in [1.82, 2.24) is 4.98 Å². The number of hydrogen-bond acceptors (Lipinski definition) is 8. The van der Waals surface area contributed by atoms with E-state index in [2.05, 4.69) is 4.98 Å². The van der Waals surface area contributed by atoms with E-state index in [9.17, 15) is 23.9 Å². The van der Waals surface area contributed by atoms with Crippen molar-refractivity contribution in [3.05, 3.63) is 93.6 Å². The number of nitrogens with zero attached hydrogens (tertiary/aromatic N) is 2. The lowest BCUT2D eigenvalue weighted by molar-refractivity contribution is -0.117. The third kappa shape index (κ3) is 3.58. The van der Waals surface area contributed by atoms with E-state index in [1.165, 1.54) is 31.4 Å². The van der Waals surface area contributed by atoms with Crippen LogP contribution in [0.4, 0.5) is 9.52 Å². The van der Waals surface area contributed by atoms with E-state index in [1.54, 1.807) is 37.3 Å². The molecule has 1 aliphatic rings. The first kappa shape index (κ1) is 22.5. The second-order valence-electron chi connectivity index (χ2n) is 7.74. The van der Waals surface area contributed by atoms with Crippen LogP contribution in [0.5, 0.6) is 0 Å². The van der Waals surface area contributed by atoms with Gasteiger partial charge in [-0.15, -0.1) is 0 Å². The van der Waals surface area contributed by atoms with Gasteiger partial charge in [-0.3, -0.25) is 14.5 Å². The number of carbonyl (C=O) groups excluding carboxylic acids is 3. The van der Waals surface area contributed by atoms with E-state index in [4.69, 9.17) is 9.15 Å². The van der Waals surface area contributed by atoms with Crippen molar-refractivity contribution in [2.45, 2.75) is 13.0 Å². The molecule has 0 aliphatic carbocycles. The number of hydrogen-bond donors (Lipinski definition) is 1. The molecule has 1 N–H and O–H groups in total. The minimum Gasteiger partial charge on any atom is -0.503 e. The highest BCUT2D eigenvalue weighted by Gasteiger charge is 2.47. The Labute approximate surface area is 201 Å². The first-order chi connectivity index (χ1) is 16.8. The van der Waals surface area contributed by atoms with Crippen LogP contribution in [0.2, 0.25) is 0 Å². The smallest absolute Gasteiger partial charge is 0.350 e. The summed E-state index contributed by atoms with van der Waals surface area (Å²) in [7, 11) is 1.21. The summed E-state index contributed by atoms with van der Waals surface area (Å²) in [4.78, 5) is 44.4. The van der Waals surface area contributed by atoms with Gasteiger partial charge >= 0.3 is 5.97 Å². The number of para-hydroxylation sites is 1. The van der Waals surface area contributed by atoms with Gasteiger partial charge in [0.05, 0.1) is 18.4 Å². The van der Waals surface area contributed by atoms with Gasteiger partial charge in [-0.2, -0.15) is 0 Å². The molecule has 1 atom stereocenters. The number of aliphatic hydroxyl groups excluding tert-OH is 1. The second-order valence-corrected chi connectivity index (χ2v) is 8.72. The molecule has 176 valence electrons. The van der Waals surface area contributed by atoms with Gasteiger partial charge in [0.2, 0.25) is 5.78 Å². The van der Waals surface area contributed by atoms with E-state index in [0.29, 0.717) is 11.0 Å². The van der Waals surface area contributed by atoms with Crippen LogP contribution in [0, 0.1) is 12.7 Å². The molecule has 0 saturated heterocycles. The summed E-state index contributed by atoms with van der Waals surface area (Å²) < 4.78 is 25.4. The van der Waals surface area contributed by atoms with Gasteiger partial charge in [-0.25, -0.2) is 14.2 Å². The summed E-state index contributed by atoms with van der Waals surface area (Å²) in [5.41, 5.74) is 0.342. The van der Waals surface area contributed by atoms with Crippen molar-refractivity contribution in [3.8, 4) is 0 Å². The third-order valence-corrected chi connectivity index (χ3v) is 6.80. The Bertz CT molecular complexity index is 1520. The zero-order chi connectivity index (χ0) is 24.9. The highest BCUT2D eigenvalue weighted by atomic mass is 32.1. The Balaban J connectivity index is 1.67. The number of carbonyl (C=O) groups is 3. The molecule has 3 heterocycles. The highest BCUT2D eigenvalue weighted by molar-refractivity contribution is 7.17. The fourth-order valence-corrected chi connectivity index (χ4v) is 5.03. The number of ketones is 1. The van der Waals surface area contributed by atoms with Gasteiger partial charge in [-0.05, 0) is 25.1 Å². The maximum Gasteiger partial charge on any atom is 0.350 e. The van der Waals surface area contributed by atoms with Crippen molar-refractivity contribution in [2.75, 3.05) is 12.0 Å². The Hall–Kier alpha value is -4.31. The van der Waals surface area contributed by atoms with Gasteiger partial charge in [0, 0.05) is 10.9 Å². The predicted octanol–water partition coefficient (Wildman–Crippen LogP) is 4.91. The average molecular weight is 492 g/mol. The highest BCUT2D eigenvalue weighted by Crippen LogP contribution is 2.44. The lowest BCUT2D eigenvalue weighted by atomic mass is 9.95. The summed E-state index contributed by atoms with van der Waals surface area (Å²) in [5.74, 6) is -4.05. The first-order valence-electron chi connectivity index (χ1n) is 10.4. The molecule has 5 rings (SSSR count). The lowest BCUT2D eigenvalue weighted by Gasteiger charge is -2.24. The molecule has 0 saturated carbocycles. The topological polar surface area (TPSA) is 110 Å². The number of rotatable bonds is 5. The third-order valence-electron chi connectivity index (χ3n) is 5.66. The minimum atomic E-state index is -1.35. The normalized spacial score (nSPS) is 15.8. The molecule has 1 amide bonds. The van der Waals surface area contributed by atoms with Crippen molar-refractivity contribution in [3.63, 3.8) is 0 Å². The van der Waals surface area contributed by atoms with E-state index in [1.807, 2.05) is 0 Å². The van der Waals surface area contributed by atoms with Crippen LogP contribution in [0.1, 0.15) is 37.5 Å². The van der Waals surface area contributed by atoms with Gasteiger partial charge in [-0.1, -0.05) is 47.7 Å². The molecule has 4 aromatic rings. The van der Waals surface area contributed by atoms with Crippen molar-refractivity contribution >= 4 is 45.1 Å². The largest absolute Gasteiger partial charge is 0.503 e. The molecule has 0 spiro atoms. The zero-order valence-electron chi connectivity index (χ0n) is 18.4. The molecule has 10 heteroatoms. The van der Waals surface area contributed by atoms with Gasteiger partial charge in [0.1, 0.15) is 22.3 Å².